The fraction of sp³-hybridized carbons (Fsp3) is 0.455. The minimum Gasteiger partial charge on any atom is -0.493 e. The van der Waals surface area contributed by atoms with Crippen LogP contribution in [0, 0.1) is 0 Å². The van der Waals surface area contributed by atoms with Crippen molar-refractivity contribution in [3.8, 4) is 5.75 Å². The first kappa shape index (κ1) is 12.8. The lowest BCUT2D eigenvalue weighted by Gasteiger charge is -2.21. The predicted molar refractivity (Wildman–Crippen MR) is 63.0 cm³/mol. The molecule has 0 atom stereocenters. The highest BCUT2D eigenvalue weighted by Gasteiger charge is 2.21. The monoisotopic (exact) mass is 242 g/mol. The number of hydrogen-bond donors (Lipinski definition) is 0. The number of halogens is 1. The van der Waals surface area contributed by atoms with Gasteiger partial charge in [0, 0.05) is 19.3 Å². The van der Waals surface area contributed by atoms with Gasteiger partial charge in [-0.25, -0.2) is 4.98 Å². The molecule has 0 aromatic carbocycles. The molecule has 0 unspecified atom stereocenters. The second-order valence-corrected chi connectivity index (χ2v) is 4.09. The van der Waals surface area contributed by atoms with Crippen LogP contribution < -0.4 is 4.74 Å². The van der Waals surface area contributed by atoms with Crippen LogP contribution in [-0.4, -0.2) is 36.0 Å². The van der Waals surface area contributed by atoms with E-state index in [0.717, 1.165) is 0 Å². The SMILES string of the molecule is COc1c(Cl)ccnc1C(=O)N(C)C(C)C. The third-order valence-electron chi connectivity index (χ3n) is 2.36. The van der Waals surface area contributed by atoms with Crippen LogP contribution in [0.3, 0.4) is 0 Å². The number of nitrogens with zero attached hydrogens (tertiary/aromatic N) is 2. The van der Waals surface area contributed by atoms with Gasteiger partial charge in [-0.2, -0.15) is 0 Å². The fourth-order valence-electron chi connectivity index (χ4n) is 1.17. The summed E-state index contributed by atoms with van der Waals surface area (Å²) >= 11 is 5.92. The molecule has 0 radical (unpaired) electrons. The lowest BCUT2D eigenvalue weighted by molar-refractivity contribution is 0.0745. The smallest absolute Gasteiger partial charge is 0.276 e. The van der Waals surface area contributed by atoms with Gasteiger partial charge in [0.25, 0.3) is 5.91 Å². The van der Waals surface area contributed by atoms with Crippen LogP contribution in [0.15, 0.2) is 12.3 Å². The molecule has 16 heavy (non-hydrogen) atoms. The minimum absolute atomic E-state index is 0.0954. The zero-order valence-electron chi connectivity index (χ0n) is 9.82. The number of amides is 1. The van der Waals surface area contributed by atoms with E-state index in [0.29, 0.717) is 10.8 Å². The van der Waals surface area contributed by atoms with E-state index in [1.165, 1.54) is 13.3 Å². The molecule has 0 saturated carbocycles. The second-order valence-electron chi connectivity index (χ2n) is 3.68. The number of hydrogen-bond acceptors (Lipinski definition) is 3. The van der Waals surface area contributed by atoms with Gasteiger partial charge >= 0.3 is 0 Å². The number of ether oxygens (including phenoxy) is 1. The van der Waals surface area contributed by atoms with Crippen molar-refractivity contribution in [2.75, 3.05) is 14.2 Å². The van der Waals surface area contributed by atoms with Crippen LogP contribution in [0.2, 0.25) is 5.02 Å². The molecule has 1 amide bonds. The quantitative estimate of drug-likeness (QED) is 0.816. The van der Waals surface area contributed by atoms with E-state index in [4.69, 9.17) is 16.3 Å². The first-order valence-corrected chi connectivity index (χ1v) is 5.32. The Bertz CT molecular complexity index is 394. The van der Waals surface area contributed by atoms with Crippen molar-refractivity contribution >= 4 is 17.5 Å². The fourth-order valence-corrected chi connectivity index (χ4v) is 1.40. The summed E-state index contributed by atoms with van der Waals surface area (Å²) in [4.78, 5) is 17.6. The highest BCUT2D eigenvalue weighted by Crippen LogP contribution is 2.27. The Morgan fingerprint density at radius 2 is 2.19 bits per heavy atom. The van der Waals surface area contributed by atoms with Gasteiger partial charge in [-0.3, -0.25) is 4.79 Å². The number of rotatable bonds is 3. The molecule has 1 heterocycles. The van der Waals surface area contributed by atoms with Gasteiger partial charge in [-0.1, -0.05) is 11.6 Å². The highest BCUT2D eigenvalue weighted by atomic mass is 35.5. The third-order valence-corrected chi connectivity index (χ3v) is 2.66. The minimum atomic E-state index is -0.200. The van der Waals surface area contributed by atoms with Crippen LogP contribution in [0.1, 0.15) is 24.3 Å². The van der Waals surface area contributed by atoms with E-state index in [-0.39, 0.29) is 17.6 Å². The lowest BCUT2D eigenvalue weighted by Crippen LogP contribution is -2.33. The normalized spacial score (nSPS) is 10.4. The van der Waals surface area contributed by atoms with Gasteiger partial charge in [-0.05, 0) is 19.9 Å². The summed E-state index contributed by atoms with van der Waals surface area (Å²) in [5, 5.41) is 0.387. The van der Waals surface area contributed by atoms with E-state index < -0.39 is 0 Å². The van der Waals surface area contributed by atoms with Crippen molar-refractivity contribution in [2.45, 2.75) is 19.9 Å². The average molecular weight is 243 g/mol. The molecular weight excluding hydrogens is 228 g/mol. The standard InChI is InChI=1S/C11H15ClN2O2/c1-7(2)14(3)11(15)9-10(16-4)8(12)5-6-13-9/h5-7H,1-4H3. The van der Waals surface area contributed by atoms with Crippen LogP contribution in [0.25, 0.3) is 0 Å². The zero-order chi connectivity index (χ0) is 12.3. The third kappa shape index (κ3) is 2.44. The second kappa shape index (κ2) is 5.16. The molecule has 5 heteroatoms. The topological polar surface area (TPSA) is 42.4 Å². The van der Waals surface area contributed by atoms with Gasteiger partial charge in [0.2, 0.25) is 0 Å². The summed E-state index contributed by atoms with van der Waals surface area (Å²) in [6.45, 7) is 3.85. The molecule has 0 saturated heterocycles. The maximum atomic E-state index is 12.0. The van der Waals surface area contributed by atoms with Crippen molar-refractivity contribution in [3.05, 3.63) is 23.0 Å². The van der Waals surface area contributed by atoms with Crippen molar-refractivity contribution in [1.29, 1.82) is 0 Å². The Balaban J connectivity index is 3.13. The molecular formula is C11H15ClN2O2. The number of carbonyl (C=O) groups is 1. The van der Waals surface area contributed by atoms with Crippen LogP contribution >= 0.6 is 11.6 Å². The maximum absolute atomic E-state index is 12.0. The van der Waals surface area contributed by atoms with Crippen LogP contribution in [0.4, 0.5) is 0 Å². The van der Waals surface area contributed by atoms with E-state index >= 15 is 0 Å². The van der Waals surface area contributed by atoms with E-state index in [9.17, 15) is 4.79 Å². The largest absolute Gasteiger partial charge is 0.493 e. The van der Waals surface area contributed by atoms with E-state index in [1.807, 2.05) is 13.8 Å². The lowest BCUT2D eigenvalue weighted by atomic mass is 10.2. The molecule has 1 aromatic heterocycles. The number of pyridine rings is 1. The van der Waals surface area contributed by atoms with E-state index in [2.05, 4.69) is 4.98 Å². The molecule has 0 N–H and O–H groups in total. The Morgan fingerprint density at radius 1 is 1.56 bits per heavy atom. The summed E-state index contributed by atoms with van der Waals surface area (Å²) in [5.41, 5.74) is 0.242. The molecule has 4 nitrogen and oxygen atoms in total. The molecule has 1 aromatic rings. The van der Waals surface area contributed by atoms with Gasteiger partial charge in [-0.15, -0.1) is 0 Å². The van der Waals surface area contributed by atoms with Crippen molar-refractivity contribution in [1.82, 2.24) is 9.88 Å². The molecule has 0 aliphatic carbocycles. The molecule has 0 bridgehead atoms. The average Bonchev–Trinajstić information content (AvgIpc) is 2.26. The molecule has 0 aliphatic heterocycles. The Labute approximate surface area is 100 Å². The van der Waals surface area contributed by atoms with Crippen molar-refractivity contribution < 1.29 is 9.53 Å². The summed E-state index contributed by atoms with van der Waals surface area (Å²) < 4.78 is 5.09. The van der Waals surface area contributed by atoms with E-state index in [1.54, 1.807) is 18.0 Å². The summed E-state index contributed by atoms with van der Waals surface area (Å²) in [6.07, 6.45) is 1.49. The van der Waals surface area contributed by atoms with Gasteiger partial charge in [0.15, 0.2) is 11.4 Å². The Kier molecular flexibility index (Phi) is 4.12. The number of methoxy groups -OCH3 is 1. The van der Waals surface area contributed by atoms with Crippen molar-refractivity contribution in [2.24, 2.45) is 0 Å². The van der Waals surface area contributed by atoms with Crippen molar-refractivity contribution in [3.63, 3.8) is 0 Å². The van der Waals surface area contributed by atoms with Crippen LogP contribution in [0.5, 0.6) is 5.75 Å². The van der Waals surface area contributed by atoms with Gasteiger partial charge in [0.1, 0.15) is 0 Å². The molecule has 0 aliphatic rings. The summed E-state index contributed by atoms with van der Waals surface area (Å²) in [5.74, 6) is 0.121. The summed E-state index contributed by atoms with van der Waals surface area (Å²) in [7, 11) is 3.18. The first-order valence-electron chi connectivity index (χ1n) is 4.94. The zero-order valence-corrected chi connectivity index (χ0v) is 10.6. The molecule has 88 valence electrons. The maximum Gasteiger partial charge on any atom is 0.276 e. The summed E-state index contributed by atoms with van der Waals surface area (Å²) in [6, 6.07) is 1.69. The Hall–Kier alpha value is -1.29. The highest BCUT2D eigenvalue weighted by molar-refractivity contribution is 6.32. The predicted octanol–water partition coefficient (Wildman–Crippen LogP) is 2.22. The van der Waals surface area contributed by atoms with Gasteiger partial charge in [0.05, 0.1) is 12.1 Å². The number of aromatic nitrogens is 1. The molecule has 1 rings (SSSR count). The number of carbonyl (C=O) groups excluding carboxylic acids is 1. The molecule has 0 spiro atoms. The van der Waals surface area contributed by atoms with Crippen LogP contribution in [-0.2, 0) is 0 Å². The first-order chi connectivity index (χ1) is 7.49. The Morgan fingerprint density at radius 3 is 2.69 bits per heavy atom. The molecule has 0 fully saturated rings. The van der Waals surface area contributed by atoms with Gasteiger partial charge < -0.3 is 9.64 Å².